The number of hydrogen-bond donors (Lipinski definition) is 2. The van der Waals surface area contributed by atoms with Gasteiger partial charge in [0.25, 0.3) is 5.69 Å². The molecule has 2 atom stereocenters. The van der Waals surface area contributed by atoms with Gasteiger partial charge in [-0.2, -0.15) is 0 Å². The zero-order valence-electron chi connectivity index (χ0n) is 11.5. The summed E-state index contributed by atoms with van der Waals surface area (Å²) in [5.41, 5.74) is 5.54. The molecule has 0 aliphatic heterocycles. The number of carbonyl (C=O) groups excluding carboxylic acids is 1. The molecular formula is C14H18FN3O3. The van der Waals surface area contributed by atoms with Gasteiger partial charge in [-0.1, -0.05) is 19.3 Å². The molecule has 1 saturated carbocycles. The van der Waals surface area contributed by atoms with E-state index in [0.29, 0.717) is 6.42 Å². The summed E-state index contributed by atoms with van der Waals surface area (Å²) in [5.74, 6) is -1.41. The fourth-order valence-electron chi connectivity index (χ4n) is 2.65. The van der Waals surface area contributed by atoms with Crippen LogP contribution in [0.1, 0.15) is 32.1 Å². The molecule has 1 aliphatic rings. The fourth-order valence-corrected chi connectivity index (χ4v) is 2.65. The zero-order chi connectivity index (χ0) is 15.4. The average Bonchev–Trinajstić information content (AvgIpc) is 2.63. The number of anilines is 1. The standard InChI is InChI=1S/C14H18FN3O3/c15-9-6-7-13(18(20)21)12(8-9)17-14(19)10-4-2-1-3-5-11(10)16/h6-8,10-11H,1-5,16H2,(H,17,19). The van der Waals surface area contributed by atoms with Gasteiger partial charge in [0.2, 0.25) is 5.91 Å². The van der Waals surface area contributed by atoms with Crippen LogP contribution in [-0.4, -0.2) is 16.9 Å². The van der Waals surface area contributed by atoms with E-state index in [0.717, 1.165) is 43.9 Å². The quantitative estimate of drug-likeness (QED) is 0.508. The van der Waals surface area contributed by atoms with Crippen molar-refractivity contribution in [3.8, 4) is 0 Å². The second-order valence-electron chi connectivity index (χ2n) is 5.32. The Hall–Kier alpha value is -2.02. The monoisotopic (exact) mass is 295 g/mol. The molecule has 6 nitrogen and oxygen atoms in total. The van der Waals surface area contributed by atoms with E-state index in [1.807, 2.05) is 0 Å². The molecule has 2 unspecified atom stereocenters. The van der Waals surface area contributed by atoms with E-state index in [4.69, 9.17) is 5.73 Å². The van der Waals surface area contributed by atoms with E-state index < -0.39 is 16.7 Å². The summed E-state index contributed by atoms with van der Waals surface area (Å²) >= 11 is 0. The minimum Gasteiger partial charge on any atom is -0.327 e. The van der Waals surface area contributed by atoms with E-state index in [2.05, 4.69) is 5.32 Å². The normalized spacial score (nSPS) is 22.4. The molecule has 2 rings (SSSR count). The van der Waals surface area contributed by atoms with Gasteiger partial charge in [0.05, 0.1) is 10.8 Å². The number of amides is 1. The van der Waals surface area contributed by atoms with E-state index in [-0.39, 0.29) is 23.3 Å². The van der Waals surface area contributed by atoms with E-state index >= 15 is 0 Å². The maximum absolute atomic E-state index is 13.2. The van der Waals surface area contributed by atoms with Gasteiger partial charge >= 0.3 is 0 Å². The van der Waals surface area contributed by atoms with Gasteiger partial charge < -0.3 is 11.1 Å². The first-order chi connectivity index (χ1) is 9.99. The number of benzene rings is 1. The number of nitrogens with one attached hydrogen (secondary N) is 1. The van der Waals surface area contributed by atoms with Crippen LogP contribution in [0.5, 0.6) is 0 Å². The van der Waals surface area contributed by atoms with Crippen LogP contribution in [0.25, 0.3) is 0 Å². The summed E-state index contributed by atoms with van der Waals surface area (Å²) in [6.45, 7) is 0. The molecule has 0 bridgehead atoms. The van der Waals surface area contributed by atoms with Gasteiger partial charge in [0.1, 0.15) is 11.5 Å². The largest absolute Gasteiger partial charge is 0.327 e. The van der Waals surface area contributed by atoms with Crippen molar-refractivity contribution in [2.24, 2.45) is 11.7 Å². The number of nitrogens with two attached hydrogens (primary N) is 1. The number of hydrogen-bond acceptors (Lipinski definition) is 4. The minimum atomic E-state index is -0.651. The number of nitrogens with zero attached hydrogens (tertiary/aromatic N) is 1. The Kier molecular flexibility index (Phi) is 4.85. The number of rotatable bonds is 3. The van der Waals surface area contributed by atoms with Crippen LogP contribution in [0, 0.1) is 21.8 Å². The molecule has 1 aromatic rings. The van der Waals surface area contributed by atoms with Crippen molar-refractivity contribution in [3.05, 3.63) is 34.1 Å². The summed E-state index contributed by atoms with van der Waals surface area (Å²) in [5, 5.41) is 13.4. The number of nitro benzene ring substituents is 1. The average molecular weight is 295 g/mol. The molecule has 7 heteroatoms. The third kappa shape index (κ3) is 3.75. The van der Waals surface area contributed by atoms with Crippen molar-refractivity contribution in [1.29, 1.82) is 0 Å². The molecule has 1 aliphatic carbocycles. The topological polar surface area (TPSA) is 98.3 Å². The third-order valence-electron chi connectivity index (χ3n) is 3.82. The van der Waals surface area contributed by atoms with Crippen LogP contribution in [0.2, 0.25) is 0 Å². The van der Waals surface area contributed by atoms with Crippen LogP contribution in [-0.2, 0) is 4.79 Å². The lowest BCUT2D eigenvalue weighted by atomic mass is 9.94. The second-order valence-corrected chi connectivity index (χ2v) is 5.32. The van der Waals surface area contributed by atoms with Crippen molar-refractivity contribution in [2.45, 2.75) is 38.1 Å². The van der Waals surface area contributed by atoms with Crippen LogP contribution >= 0.6 is 0 Å². The SMILES string of the molecule is NC1CCCCCC1C(=O)Nc1cc(F)ccc1[N+](=O)[O-]. The van der Waals surface area contributed by atoms with Crippen molar-refractivity contribution < 1.29 is 14.1 Å². The molecule has 0 saturated heterocycles. The molecule has 0 spiro atoms. The molecule has 0 heterocycles. The predicted molar refractivity (Wildman–Crippen MR) is 76.2 cm³/mol. The summed E-state index contributed by atoms with van der Waals surface area (Å²) in [6.07, 6.45) is 4.30. The van der Waals surface area contributed by atoms with Crippen LogP contribution in [0.15, 0.2) is 18.2 Å². The molecular weight excluding hydrogens is 277 g/mol. The smallest absolute Gasteiger partial charge is 0.292 e. The van der Waals surface area contributed by atoms with Crippen LogP contribution < -0.4 is 11.1 Å². The first kappa shape index (κ1) is 15.4. The summed E-state index contributed by atoms with van der Waals surface area (Å²) in [6, 6.07) is 2.72. The fraction of sp³-hybridized carbons (Fsp3) is 0.500. The van der Waals surface area contributed by atoms with Crippen molar-refractivity contribution in [1.82, 2.24) is 0 Å². The number of carbonyl (C=O) groups is 1. The van der Waals surface area contributed by atoms with Crippen molar-refractivity contribution in [3.63, 3.8) is 0 Å². The number of nitro groups is 1. The summed E-state index contributed by atoms with van der Waals surface area (Å²) in [7, 11) is 0. The first-order valence-corrected chi connectivity index (χ1v) is 6.99. The summed E-state index contributed by atoms with van der Waals surface area (Å²) in [4.78, 5) is 22.5. The number of halogens is 1. The lowest BCUT2D eigenvalue weighted by Crippen LogP contribution is -2.37. The molecule has 1 fully saturated rings. The lowest BCUT2D eigenvalue weighted by Gasteiger charge is -2.20. The Morgan fingerprint density at radius 1 is 1.33 bits per heavy atom. The van der Waals surface area contributed by atoms with Crippen LogP contribution in [0.3, 0.4) is 0 Å². The van der Waals surface area contributed by atoms with Gasteiger partial charge in [-0.25, -0.2) is 4.39 Å². The van der Waals surface area contributed by atoms with Gasteiger partial charge in [-0.05, 0) is 18.9 Å². The van der Waals surface area contributed by atoms with Gasteiger partial charge in [-0.3, -0.25) is 14.9 Å². The Morgan fingerprint density at radius 2 is 2.05 bits per heavy atom. The second kappa shape index (κ2) is 6.62. The maximum atomic E-state index is 13.2. The van der Waals surface area contributed by atoms with E-state index in [9.17, 15) is 19.3 Å². The molecule has 0 aromatic heterocycles. The van der Waals surface area contributed by atoms with E-state index in [1.165, 1.54) is 0 Å². The zero-order valence-corrected chi connectivity index (χ0v) is 11.5. The van der Waals surface area contributed by atoms with Gasteiger partial charge in [0.15, 0.2) is 0 Å². The highest BCUT2D eigenvalue weighted by molar-refractivity contribution is 5.95. The molecule has 0 radical (unpaired) electrons. The minimum absolute atomic E-state index is 0.124. The molecule has 3 N–H and O–H groups in total. The van der Waals surface area contributed by atoms with Crippen LogP contribution in [0.4, 0.5) is 15.8 Å². The highest BCUT2D eigenvalue weighted by Crippen LogP contribution is 2.28. The third-order valence-corrected chi connectivity index (χ3v) is 3.82. The first-order valence-electron chi connectivity index (χ1n) is 6.99. The van der Waals surface area contributed by atoms with Gasteiger partial charge in [-0.15, -0.1) is 0 Å². The Morgan fingerprint density at radius 3 is 2.76 bits per heavy atom. The van der Waals surface area contributed by atoms with Gasteiger partial charge in [0, 0.05) is 18.2 Å². The highest BCUT2D eigenvalue weighted by atomic mass is 19.1. The Bertz CT molecular complexity index is 550. The Labute approximate surface area is 121 Å². The summed E-state index contributed by atoms with van der Waals surface area (Å²) < 4.78 is 13.2. The van der Waals surface area contributed by atoms with Crippen molar-refractivity contribution in [2.75, 3.05) is 5.32 Å². The molecule has 114 valence electrons. The Balaban J connectivity index is 2.18. The predicted octanol–water partition coefficient (Wildman–Crippen LogP) is 2.58. The van der Waals surface area contributed by atoms with Crippen molar-refractivity contribution >= 4 is 17.3 Å². The highest BCUT2D eigenvalue weighted by Gasteiger charge is 2.28. The molecule has 1 aromatic carbocycles. The molecule has 1 amide bonds. The van der Waals surface area contributed by atoms with E-state index in [1.54, 1.807) is 0 Å². The molecule has 21 heavy (non-hydrogen) atoms. The lowest BCUT2D eigenvalue weighted by molar-refractivity contribution is -0.384. The maximum Gasteiger partial charge on any atom is 0.292 e.